The second kappa shape index (κ2) is 5.55. The average Bonchev–Trinajstić information content (AvgIpc) is 2.28. The lowest BCUT2D eigenvalue weighted by Gasteiger charge is -2.17. The predicted octanol–water partition coefficient (Wildman–Crippen LogP) is -0.329. The van der Waals surface area contributed by atoms with Crippen molar-refractivity contribution in [2.24, 2.45) is 0 Å². The Balaban J connectivity index is 2.89. The van der Waals surface area contributed by atoms with Gasteiger partial charge in [-0.3, -0.25) is 9.78 Å². The number of pyridine rings is 1. The van der Waals surface area contributed by atoms with Gasteiger partial charge in [0.2, 0.25) is 0 Å². The number of rotatable bonds is 5. The van der Waals surface area contributed by atoms with Gasteiger partial charge in [-0.1, -0.05) is 0 Å². The molecule has 2 unspecified atom stereocenters. The van der Waals surface area contributed by atoms with E-state index >= 15 is 0 Å². The van der Waals surface area contributed by atoms with Crippen LogP contribution in [-0.4, -0.2) is 39.3 Å². The van der Waals surface area contributed by atoms with E-state index in [-0.39, 0.29) is 24.3 Å². The van der Waals surface area contributed by atoms with Crippen molar-refractivity contribution in [2.75, 3.05) is 6.61 Å². The molecule has 5 nitrogen and oxygen atoms in total. The van der Waals surface area contributed by atoms with Crippen molar-refractivity contribution in [2.45, 2.75) is 18.6 Å². The molecule has 0 aliphatic heterocycles. The van der Waals surface area contributed by atoms with Crippen LogP contribution >= 0.6 is 0 Å². The molecule has 1 heterocycles. The zero-order valence-corrected chi connectivity index (χ0v) is 8.08. The molecule has 1 aromatic heterocycles. The molecule has 3 N–H and O–H groups in total. The molecule has 0 bridgehead atoms. The lowest BCUT2D eigenvalue weighted by Crippen LogP contribution is -2.21. The predicted molar refractivity (Wildman–Crippen MR) is 52.3 cm³/mol. The van der Waals surface area contributed by atoms with Gasteiger partial charge in [0, 0.05) is 18.4 Å². The van der Waals surface area contributed by atoms with E-state index in [1.807, 2.05) is 0 Å². The van der Waals surface area contributed by atoms with Gasteiger partial charge in [0.25, 0.3) is 0 Å². The highest BCUT2D eigenvalue weighted by molar-refractivity contribution is 5.76. The van der Waals surface area contributed by atoms with E-state index in [4.69, 9.17) is 5.11 Å². The first-order valence-electron chi connectivity index (χ1n) is 4.57. The van der Waals surface area contributed by atoms with E-state index in [0.29, 0.717) is 6.29 Å². The number of aldehydes is 1. The molecule has 0 saturated heterocycles. The van der Waals surface area contributed by atoms with Crippen LogP contribution in [0, 0.1) is 0 Å². The Morgan fingerprint density at radius 2 is 2.20 bits per heavy atom. The molecule has 1 rings (SSSR count). The van der Waals surface area contributed by atoms with Crippen molar-refractivity contribution in [3.05, 3.63) is 29.6 Å². The highest BCUT2D eigenvalue weighted by Gasteiger charge is 2.21. The highest BCUT2D eigenvalue weighted by Crippen LogP contribution is 2.19. The molecule has 2 atom stereocenters. The summed E-state index contributed by atoms with van der Waals surface area (Å²) in [4.78, 5) is 14.5. The fourth-order valence-corrected chi connectivity index (χ4v) is 1.25. The molecule has 0 fully saturated rings. The second-order valence-corrected chi connectivity index (χ2v) is 3.12. The molecule has 82 valence electrons. The van der Waals surface area contributed by atoms with Gasteiger partial charge in [-0.2, -0.15) is 0 Å². The number of hydrogen-bond donors (Lipinski definition) is 3. The van der Waals surface area contributed by atoms with Gasteiger partial charge in [0.1, 0.15) is 6.10 Å². The molecule has 0 amide bonds. The first kappa shape index (κ1) is 11.8. The van der Waals surface area contributed by atoms with Crippen molar-refractivity contribution in [3.63, 3.8) is 0 Å². The number of aromatic nitrogens is 1. The molecule has 1 aromatic rings. The van der Waals surface area contributed by atoms with Crippen LogP contribution in [-0.2, 0) is 0 Å². The summed E-state index contributed by atoms with van der Waals surface area (Å²) < 4.78 is 0. The quantitative estimate of drug-likeness (QED) is 0.580. The maximum absolute atomic E-state index is 10.6. The van der Waals surface area contributed by atoms with Crippen LogP contribution in [0.15, 0.2) is 18.3 Å². The number of aliphatic hydroxyl groups excluding tert-OH is 3. The van der Waals surface area contributed by atoms with Crippen molar-refractivity contribution in [1.29, 1.82) is 0 Å². The van der Waals surface area contributed by atoms with Gasteiger partial charge in [-0.25, -0.2) is 0 Å². The van der Waals surface area contributed by atoms with Crippen LogP contribution < -0.4 is 0 Å². The lowest BCUT2D eigenvalue weighted by molar-refractivity contribution is 0.00164. The molecule has 0 spiro atoms. The summed E-state index contributed by atoms with van der Waals surface area (Å²) in [5.74, 6) is 0. The van der Waals surface area contributed by atoms with Crippen LogP contribution in [0.25, 0.3) is 0 Å². The minimum Gasteiger partial charge on any atom is -0.396 e. The number of hydrogen-bond acceptors (Lipinski definition) is 5. The Kier molecular flexibility index (Phi) is 4.36. The second-order valence-electron chi connectivity index (χ2n) is 3.12. The van der Waals surface area contributed by atoms with Crippen LogP contribution in [0.1, 0.15) is 28.6 Å². The molecule has 0 radical (unpaired) electrons. The standard InChI is InChI=1S/C10H13NO4/c12-5-3-8(14)10(15)9-7(6-13)2-1-4-11-9/h1-2,4,6,8,10,12,14-15H,3,5H2. The molecule has 0 aliphatic rings. The molecule has 0 aromatic carbocycles. The van der Waals surface area contributed by atoms with Crippen molar-refractivity contribution in [3.8, 4) is 0 Å². The largest absolute Gasteiger partial charge is 0.396 e. The molecular weight excluding hydrogens is 198 g/mol. The topological polar surface area (TPSA) is 90.7 Å². The third-order valence-electron chi connectivity index (χ3n) is 2.07. The molecule has 0 aliphatic carbocycles. The Labute approximate surface area is 87.0 Å². The monoisotopic (exact) mass is 211 g/mol. The molecule has 5 heteroatoms. The smallest absolute Gasteiger partial charge is 0.151 e. The van der Waals surface area contributed by atoms with Crippen LogP contribution in [0.3, 0.4) is 0 Å². The first-order chi connectivity index (χ1) is 7.20. The number of carbonyl (C=O) groups excluding carboxylic acids is 1. The zero-order valence-electron chi connectivity index (χ0n) is 8.08. The highest BCUT2D eigenvalue weighted by atomic mass is 16.3. The minimum atomic E-state index is -1.25. The lowest BCUT2D eigenvalue weighted by atomic mass is 10.0. The molecular formula is C10H13NO4. The number of carbonyl (C=O) groups is 1. The summed E-state index contributed by atoms with van der Waals surface area (Å²) in [7, 11) is 0. The van der Waals surface area contributed by atoms with Crippen molar-refractivity contribution < 1.29 is 20.1 Å². The Bertz CT molecular complexity index is 329. The third kappa shape index (κ3) is 2.82. The van der Waals surface area contributed by atoms with E-state index in [2.05, 4.69) is 4.98 Å². The van der Waals surface area contributed by atoms with Crippen molar-refractivity contribution >= 4 is 6.29 Å². The summed E-state index contributed by atoms with van der Waals surface area (Å²) in [6.07, 6.45) is -0.341. The summed E-state index contributed by atoms with van der Waals surface area (Å²) in [5.41, 5.74) is 0.371. The fraction of sp³-hybridized carbons (Fsp3) is 0.400. The summed E-state index contributed by atoms with van der Waals surface area (Å²) in [6, 6.07) is 3.07. The van der Waals surface area contributed by atoms with Crippen LogP contribution in [0.5, 0.6) is 0 Å². The maximum Gasteiger partial charge on any atom is 0.151 e. The van der Waals surface area contributed by atoms with Gasteiger partial charge in [-0.15, -0.1) is 0 Å². The van der Waals surface area contributed by atoms with Gasteiger partial charge >= 0.3 is 0 Å². The fourth-order valence-electron chi connectivity index (χ4n) is 1.25. The number of aliphatic hydroxyl groups is 3. The summed E-state index contributed by atoms with van der Waals surface area (Å²) in [6.45, 7) is -0.235. The number of nitrogens with zero attached hydrogens (tertiary/aromatic N) is 1. The summed E-state index contributed by atoms with van der Waals surface area (Å²) in [5, 5.41) is 27.7. The van der Waals surface area contributed by atoms with Crippen LogP contribution in [0.2, 0.25) is 0 Å². The molecule has 0 saturated carbocycles. The van der Waals surface area contributed by atoms with Crippen molar-refractivity contribution in [1.82, 2.24) is 4.98 Å². The van der Waals surface area contributed by atoms with E-state index in [1.165, 1.54) is 12.3 Å². The third-order valence-corrected chi connectivity index (χ3v) is 2.07. The van der Waals surface area contributed by atoms with E-state index < -0.39 is 12.2 Å². The average molecular weight is 211 g/mol. The zero-order chi connectivity index (χ0) is 11.3. The van der Waals surface area contributed by atoms with E-state index in [1.54, 1.807) is 6.07 Å². The van der Waals surface area contributed by atoms with Crippen LogP contribution in [0.4, 0.5) is 0 Å². The van der Waals surface area contributed by atoms with E-state index in [0.717, 1.165) is 0 Å². The normalized spacial score (nSPS) is 14.6. The van der Waals surface area contributed by atoms with E-state index in [9.17, 15) is 15.0 Å². The first-order valence-corrected chi connectivity index (χ1v) is 4.57. The SMILES string of the molecule is O=Cc1cccnc1C(O)C(O)CCO. The van der Waals surface area contributed by atoms with Gasteiger partial charge in [0.05, 0.1) is 11.8 Å². The Hall–Kier alpha value is -1.30. The van der Waals surface area contributed by atoms with Gasteiger partial charge in [-0.05, 0) is 18.6 Å². The maximum atomic E-state index is 10.6. The summed E-state index contributed by atoms with van der Waals surface area (Å²) >= 11 is 0. The molecule has 15 heavy (non-hydrogen) atoms. The minimum absolute atomic E-state index is 0.0377. The Morgan fingerprint density at radius 3 is 2.80 bits per heavy atom. The van der Waals surface area contributed by atoms with Gasteiger partial charge < -0.3 is 15.3 Å². The Morgan fingerprint density at radius 1 is 1.47 bits per heavy atom. The van der Waals surface area contributed by atoms with Gasteiger partial charge in [0.15, 0.2) is 6.29 Å².